The van der Waals surface area contributed by atoms with E-state index in [1.54, 1.807) is 0 Å². The van der Waals surface area contributed by atoms with Crippen molar-refractivity contribution in [3.8, 4) is 11.4 Å². The fourth-order valence-corrected chi connectivity index (χ4v) is 3.98. The van der Waals surface area contributed by atoms with E-state index >= 15 is 0 Å². The molecule has 0 aliphatic carbocycles. The van der Waals surface area contributed by atoms with Crippen LogP contribution in [0.4, 0.5) is 5.82 Å². The Morgan fingerprint density at radius 3 is 2.68 bits per heavy atom. The summed E-state index contributed by atoms with van der Waals surface area (Å²) in [5.74, 6) is 3.16. The lowest BCUT2D eigenvalue weighted by Crippen LogP contribution is -2.07. The van der Waals surface area contributed by atoms with Crippen molar-refractivity contribution >= 4 is 17.6 Å². The fraction of sp³-hybridized carbons (Fsp3) is 0.348. The van der Waals surface area contributed by atoms with E-state index in [1.807, 2.05) is 42.1 Å². The fourth-order valence-electron chi connectivity index (χ4n) is 3.58. The summed E-state index contributed by atoms with van der Waals surface area (Å²) < 4.78 is 8.01. The molecule has 0 spiro atoms. The van der Waals surface area contributed by atoms with Gasteiger partial charge in [-0.1, -0.05) is 30.3 Å². The summed E-state index contributed by atoms with van der Waals surface area (Å²) in [6.07, 6.45) is 6.73. The van der Waals surface area contributed by atoms with Gasteiger partial charge in [0.05, 0.1) is 11.4 Å². The van der Waals surface area contributed by atoms with Gasteiger partial charge in [-0.15, -0.1) is 0 Å². The Balaban J connectivity index is 1.54. The molecule has 0 bridgehead atoms. The molecule has 2 heterocycles. The van der Waals surface area contributed by atoms with Crippen molar-refractivity contribution in [1.82, 2.24) is 9.78 Å². The molecule has 146 valence electrons. The first-order valence-electron chi connectivity index (χ1n) is 9.96. The first-order chi connectivity index (χ1) is 13.8. The molecule has 4 nitrogen and oxygen atoms in total. The molecular formula is C23H27N3OS. The largest absolute Gasteiger partial charge is 0.489 e. The van der Waals surface area contributed by atoms with Crippen LogP contribution in [0.2, 0.25) is 0 Å². The number of hydrogen-bond acceptors (Lipinski definition) is 4. The van der Waals surface area contributed by atoms with Crippen molar-refractivity contribution in [3.05, 3.63) is 71.4 Å². The second kappa shape index (κ2) is 9.20. The van der Waals surface area contributed by atoms with E-state index in [-0.39, 0.29) is 0 Å². The van der Waals surface area contributed by atoms with E-state index in [9.17, 15) is 0 Å². The molecule has 1 aliphatic rings. The predicted octanol–water partition coefficient (Wildman–Crippen LogP) is 5.11. The average Bonchev–Trinajstić information content (AvgIpc) is 2.91. The van der Waals surface area contributed by atoms with Crippen molar-refractivity contribution in [2.75, 3.05) is 23.9 Å². The quantitative estimate of drug-likeness (QED) is 0.606. The Bertz CT molecular complexity index is 890. The maximum absolute atomic E-state index is 5.93. The van der Waals surface area contributed by atoms with Crippen LogP contribution in [0.3, 0.4) is 0 Å². The molecule has 2 aromatic carbocycles. The van der Waals surface area contributed by atoms with Gasteiger partial charge in [-0.25, -0.2) is 4.68 Å². The molecule has 0 fully saturated rings. The number of fused-ring (bicyclic) bond motifs is 1. The van der Waals surface area contributed by atoms with E-state index in [0.29, 0.717) is 6.61 Å². The number of ether oxygens (including phenoxy) is 1. The Hall–Kier alpha value is -2.40. The Labute approximate surface area is 171 Å². The molecule has 1 aromatic heterocycles. The van der Waals surface area contributed by atoms with Gasteiger partial charge in [0, 0.05) is 18.5 Å². The summed E-state index contributed by atoms with van der Waals surface area (Å²) >= 11 is 1.88. The van der Waals surface area contributed by atoms with Crippen LogP contribution in [0, 0.1) is 0 Å². The molecule has 0 saturated heterocycles. The van der Waals surface area contributed by atoms with Crippen molar-refractivity contribution in [2.24, 2.45) is 0 Å². The maximum Gasteiger partial charge on any atom is 0.133 e. The summed E-state index contributed by atoms with van der Waals surface area (Å²) in [7, 11) is 0. The molecule has 1 aliphatic heterocycles. The number of nitrogens with zero attached hydrogens (tertiary/aromatic N) is 2. The first-order valence-corrected chi connectivity index (χ1v) is 11.4. The zero-order chi connectivity index (χ0) is 19.2. The molecule has 28 heavy (non-hydrogen) atoms. The maximum atomic E-state index is 5.93. The molecule has 0 amide bonds. The predicted molar refractivity (Wildman–Crippen MR) is 118 cm³/mol. The van der Waals surface area contributed by atoms with Gasteiger partial charge < -0.3 is 10.1 Å². The normalized spacial score (nSPS) is 13.5. The molecule has 0 saturated carbocycles. The monoisotopic (exact) mass is 393 g/mol. The van der Waals surface area contributed by atoms with E-state index in [4.69, 9.17) is 9.84 Å². The van der Waals surface area contributed by atoms with E-state index < -0.39 is 0 Å². The van der Waals surface area contributed by atoms with Crippen LogP contribution in [0.1, 0.15) is 29.7 Å². The molecule has 0 radical (unpaired) electrons. The zero-order valence-corrected chi connectivity index (χ0v) is 17.2. The SMILES string of the molecule is CSCCc1nn(-c2ccc(OCc3ccccc3)cc2)c2c1CCCCN2. The van der Waals surface area contributed by atoms with Crippen LogP contribution in [0.25, 0.3) is 5.69 Å². The number of nitrogens with one attached hydrogen (secondary N) is 1. The highest BCUT2D eigenvalue weighted by Gasteiger charge is 2.20. The lowest BCUT2D eigenvalue weighted by molar-refractivity contribution is 0.306. The Morgan fingerprint density at radius 2 is 1.89 bits per heavy atom. The average molecular weight is 394 g/mol. The molecule has 4 rings (SSSR count). The van der Waals surface area contributed by atoms with Gasteiger partial charge in [0.1, 0.15) is 18.2 Å². The number of anilines is 1. The van der Waals surface area contributed by atoms with Crippen LogP contribution in [0.15, 0.2) is 54.6 Å². The van der Waals surface area contributed by atoms with Gasteiger partial charge in [-0.05, 0) is 61.1 Å². The number of rotatable bonds is 7. The van der Waals surface area contributed by atoms with E-state index in [0.717, 1.165) is 36.6 Å². The van der Waals surface area contributed by atoms with Crippen LogP contribution in [0.5, 0.6) is 5.75 Å². The summed E-state index contributed by atoms with van der Waals surface area (Å²) in [6, 6.07) is 18.5. The van der Waals surface area contributed by atoms with Crippen molar-refractivity contribution in [1.29, 1.82) is 0 Å². The summed E-state index contributed by atoms with van der Waals surface area (Å²) in [4.78, 5) is 0. The third kappa shape index (κ3) is 4.36. The van der Waals surface area contributed by atoms with E-state index in [2.05, 4.69) is 40.5 Å². The van der Waals surface area contributed by atoms with Gasteiger partial charge in [-0.3, -0.25) is 0 Å². The third-order valence-electron chi connectivity index (χ3n) is 5.09. The zero-order valence-electron chi connectivity index (χ0n) is 16.4. The highest BCUT2D eigenvalue weighted by molar-refractivity contribution is 7.98. The Morgan fingerprint density at radius 1 is 1.07 bits per heavy atom. The standard InChI is InChI=1S/C23H27N3OS/c1-28-16-14-22-21-9-5-6-15-24-23(21)26(25-22)19-10-12-20(13-11-19)27-17-18-7-3-2-4-8-18/h2-4,7-8,10-13,24H,5-6,9,14-17H2,1H3. The van der Waals surface area contributed by atoms with Crippen LogP contribution in [-0.2, 0) is 19.4 Å². The van der Waals surface area contributed by atoms with Gasteiger partial charge in [-0.2, -0.15) is 16.9 Å². The lowest BCUT2D eigenvalue weighted by Gasteiger charge is -2.11. The first kappa shape index (κ1) is 18.9. The summed E-state index contributed by atoms with van der Waals surface area (Å²) in [5, 5.41) is 8.58. The molecular weight excluding hydrogens is 366 g/mol. The smallest absolute Gasteiger partial charge is 0.133 e. The number of aromatic nitrogens is 2. The molecule has 0 atom stereocenters. The second-order valence-electron chi connectivity index (χ2n) is 7.08. The third-order valence-corrected chi connectivity index (χ3v) is 5.70. The second-order valence-corrected chi connectivity index (χ2v) is 8.07. The molecule has 5 heteroatoms. The number of benzene rings is 2. The topological polar surface area (TPSA) is 39.1 Å². The van der Waals surface area contributed by atoms with Gasteiger partial charge in [0.15, 0.2) is 0 Å². The number of thioether (sulfide) groups is 1. The van der Waals surface area contributed by atoms with Gasteiger partial charge in [0.2, 0.25) is 0 Å². The highest BCUT2D eigenvalue weighted by atomic mass is 32.2. The van der Waals surface area contributed by atoms with Gasteiger partial charge >= 0.3 is 0 Å². The number of hydrogen-bond donors (Lipinski definition) is 1. The van der Waals surface area contributed by atoms with Crippen molar-refractivity contribution < 1.29 is 4.74 Å². The van der Waals surface area contributed by atoms with Crippen molar-refractivity contribution in [3.63, 3.8) is 0 Å². The molecule has 1 N–H and O–H groups in total. The number of aryl methyl sites for hydroxylation is 1. The summed E-state index contributed by atoms with van der Waals surface area (Å²) in [6.45, 7) is 1.59. The highest BCUT2D eigenvalue weighted by Crippen LogP contribution is 2.29. The molecule has 3 aromatic rings. The molecule has 0 unspecified atom stereocenters. The Kier molecular flexibility index (Phi) is 6.22. The lowest BCUT2D eigenvalue weighted by atomic mass is 10.1. The van der Waals surface area contributed by atoms with Crippen molar-refractivity contribution in [2.45, 2.75) is 32.3 Å². The minimum Gasteiger partial charge on any atom is -0.489 e. The van der Waals surface area contributed by atoms with Crippen LogP contribution >= 0.6 is 11.8 Å². The minimum absolute atomic E-state index is 0.581. The van der Waals surface area contributed by atoms with E-state index in [1.165, 1.54) is 35.5 Å². The van der Waals surface area contributed by atoms with Crippen LogP contribution in [-0.4, -0.2) is 28.3 Å². The van der Waals surface area contributed by atoms with Crippen LogP contribution < -0.4 is 10.1 Å². The summed E-state index contributed by atoms with van der Waals surface area (Å²) in [5.41, 5.74) is 4.89. The minimum atomic E-state index is 0.581. The van der Waals surface area contributed by atoms with Gasteiger partial charge in [0.25, 0.3) is 0 Å².